The summed E-state index contributed by atoms with van der Waals surface area (Å²) in [6.45, 7) is 2.36. The lowest BCUT2D eigenvalue weighted by molar-refractivity contribution is -0.148. The first-order valence-electron chi connectivity index (χ1n) is 7.87. The molecule has 1 aliphatic rings. The van der Waals surface area contributed by atoms with Gasteiger partial charge in [0.1, 0.15) is 5.54 Å². The normalized spacial score (nSPS) is 16.4. The highest BCUT2D eigenvalue weighted by Crippen LogP contribution is 2.23. The number of nitrogens with zero attached hydrogens (tertiary/aromatic N) is 2. The maximum Gasteiger partial charge on any atom is 0.329 e. The summed E-state index contributed by atoms with van der Waals surface area (Å²) < 4.78 is 6.83. The molecule has 0 saturated carbocycles. The Balaban J connectivity index is 1.85. The summed E-state index contributed by atoms with van der Waals surface area (Å²) in [5.41, 5.74) is 0.416. The van der Waals surface area contributed by atoms with Gasteiger partial charge in [0.2, 0.25) is 0 Å². The van der Waals surface area contributed by atoms with Gasteiger partial charge in [-0.25, -0.2) is 9.48 Å². The van der Waals surface area contributed by atoms with E-state index in [0.29, 0.717) is 29.5 Å². The minimum Gasteiger partial charge on any atom is -0.480 e. The van der Waals surface area contributed by atoms with Gasteiger partial charge in [-0.1, -0.05) is 11.6 Å². The fourth-order valence-corrected chi connectivity index (χ4v) is 3.00. The summed E-state index contributed by atoms with van der Waals surface area (Å²) in [5.74, 6) is -1.51. The average molecular weight is 364 g/mol. The van der Waals surface area contributed by atoms with Crippen molar-refractivity contribution in [2.75, 3.05) is 13.2 Å². The first-order chi connectivity index (χ1) is 11.9. The van der Waals surface area contributed by atoms with Crippen molar-refractivity contribution < 1.29 is 19.4 Å². The molecule has 1 fully saturated rings. The smallest absolute Gasteiger partial charge is 0.329 e. The number of carboxylic acid groups (broad SMARTS) is 1. The van der Waals surface area contributed by atoms with Gasteiger partial charge in [-0.3, -0.25) is 4.79 Å². The summed E-state index contributed by atoms with van der Waals surface area (Å²) in [7, 11) is 0. The van der Waals surface area contributed by atoms with Crippen molar-refractivity contribution >= 4 is 23.5 Å². The number of carbonyl (C=O) groups excluding carboxylic acids is 1. The largest absolute Gasteiger partial charge is 0.480 e. The Morgan fingerprint density at radius 2 is 1.92 bits per heavy atom. The summed E-state index contributed by atoms with van der Waals surface area (Å²) in [6, 6.07) is 7.06. The molecule has 0 radical (unpaired) electrons. The van der Waals surface area contributed by atoms with Gasteiger partial charge in [-0.05, 0) is 31.2 Å². The van der Waals surface area contributed by atoms with E-state index in [1.54, 1.807) is 35.9 Å². The lowest BCUT2D eigenvalue weighted by atomic mass is 9.89. The summed E-state index contributed by atoms with van der Waals surface area (Å²) in [5, 5.41) is 17.1. The summed E-state index contributed by atoms with van der Waals surface area (Å²) >= 11 is 5.89. The van der Waals surface area contributed by atoms with E-state index in [1.807, 2.05) is 0 Å². The number of hydrogen-bond donors (Lipinski definition) is 2. The number of aromatic nitrogens is 2. The Morgan fingerprint density at radius 3 is 2.52 bits per heavy atom. The van der Waals surface area contributed by atoms with E-state index >= 15 is 0 Å². The molecule has 1 amide bonds. The van der Waals surface area contributed by atoms with Crippen molar-refractivity contribution in [3.8, 4) is 5.69 Å². The van der Waals surface area contributed by atoms with Crippen molar-refractivity contribution in [2.24, 2.45) is 0 Å². The standard InChI is InChI=1S/C17H18ClN3O4/c1-11-14(10-19-21(11)13-4-2-12(18)3-5-13)15(22)20-17(16(23)24)6-8-25-9-7-17/h2-5,10H,6-9H2,1H3,(H,20,22)(H,23,24). The predicted molar refractivity (Wildman–Crippen MR) is 91.2 cm³/mol. The number of benzene rings is 1. The van der Waals surface area contributed by atoms with Crippen molar-refractivity contribution in [1.82, 2.24) is 15.1 Å². The highest BCUT2D eigenvalue weighted by Gasteiger charge is 2.42. The van der Waals surface area contributed by atoms with Crippen molar-refractivity contribution in [3.05, 3.63) is 46.7 Å². The van der Waals surface area contributed by atoms with E-state index in [1.165, 1.54) is 6.20 Å². The Bertz CT molecular complexity index is 795. The number of amides is 1. The molecular weight excluding hydrogens is 346 g/mol. The second-order valence-electron chi connectivity index (χ2n) is 5.99. The van der Waals surface area contributed by atoms with Crippen LogP contribution in [0.25, 0.3) is 5.69 Å². The number of aliphatic carboxylic acids is 1. The van der Waals surface area contributed by atoms with Crippen LogP contribution in [0.15, 0.2) is 30.5 Å². The Morgan fingerprint density at radius 1 is 1.28 bits per heavy atom. The molecule has 7 nitrogen and oxygen atoms in total. The minimum absolute atomic E-state index is 0.235. The Labute approximate surface area is 149 Å². The molecule has 1 aliphatic heterocycles. The van der Waals surface area contributed by atoms with Gasteiger partial charge < -0.3 is 15.2 Å². The molecule has 1 aromatic carbocycles. The highest BCUT2D eigenvalue weighted by molar-refractivity contribution is 6.30. The quantitative estimate of drug-likeness (QED) is 0.868. The third-order valence-electron chi connectivity index (χ3n) is 4.43. The molecule has 0 atom stereocenters. The molecule has 25 heavy (non-hydrogen) atoms. The molecule has 8 heteroatoms. The van der Waals surface area contributed by atoms with Gasteiger partial charge >= 0.3 is 5.97 Å². The van der Waals surface area contributed by atoms with Crippen LogP contribution in [-0.4, -0.2) is 45.5 Å². The first kappa shape index (κ1) is 17.4. The fraction of sp³-hybridized carbons (Fsp3) is 0.353. The third kappa shape index (κ3) is 3.38. The zero-order chi connectivity index (χ0) is 18.0. The molecule has 132 valence electrons. The van der Waals surface area contributed by atoms with Crippen LogP contribution >= 0.6 is 11.6 Å². The van der Waals surface area contributed by atoms with Crippen LogP contribution in [0.1, 0.15) is 28.9 Å². The first-order valence-corrected chi connectivity index (χ1v) is 8.25. The van der Waals surface area contributed by atoms with Crippen LogP contribution < -0.4 is 5.32 Å². The lowest BCUT2D eigenvalue weighted by Gasteiger charge is -2.33. The van der Waals surface area contributed by atoms with Crippen molar-refractivity contribution in [3.63, 3.8) is 0 Å². The molecular formula is C17H18ClN3O4. The van der Waals surface area contributed by atoms with Gasteiger partial charge in [0, 0.05) is 31.1 Å². The maximum atomic E-state index is 12.7. The molecule has 2 aromatic rings. The van der Waals surface area contributed by atoms with E-state index in [4.69, 9.17) is 16.3 Å². The zero-order valence-corrected chi connectivity index (χ0v) is 14.4. The van der Waals surface area contributed by atoms with Crippen LogP contribution in [0, 0.1) is 6.92 Å². The number of carboxylic acids is 1. The van der Waals surface area contributed by atoms with Crippen LogP contribution in [-0.2, 0) is 9.53 Å². The van der Waals surface area contributed by atoms with Gasteiger partial charge in [0.05, 0.1) is 23.1 Å². The number of hydrogen-bond acceptors (Lipinski definition) is 4. The Hall–Kier alpha value is -2.38. The van der Waals surface area contributed by atoms with E-state index in [2.05, 4.69) is 10.4 Å². The van der Waals surface area contributed by atoms with Crippen molar-refractivity contribution in [2.45, 2.75) is 25.3 Å². The maximum absolute atomic E-state index is 12.7. The summed E-state index contributed by atoms with van der Waals surface area (Å²) in [4.78, 5) is 24.3. The van der Waals surface area contributed by atoms with E-state index in [9.17, 15) is 14.7 Å². The number of halogens is 1. The number of ether oxygens (including phenoxy) is 1. The molecule has 2 heterocycles. The predicted octanol–water partition coefficient (Wildman–Crippen LogP) is 2.20. The van der Waals surface area contributed by atoms with Crippen LogP contribution in [0.5, 0.6) is 0 Å². The molecule has 0 bridgehead atoms. The lowest BCUT2D eigenvalue weighted by Crippen LogP contribution is -2.57. The van der Waals surface area contributed by atoms with E-state index < -0.39 is 17.4 Å². The molecule has 1 saturated heterocycles. The second-order valence-corrected chi connectivity index (χ2v) is 6.42. The fourth-order valence-electron chi connectivity index (χ4n) is 2.87. The molecule has 0 spiro atoms. The van der Waals surface area contributed by atoms with Crippen molar-refractivity contribution in [1.29, 1.82) is 0 Å². The molecule has 3 rings (SSSR count). The zero-order valence-electron chi connectivity index (χ0n) is 13.7. The van der Waals surface area contributed by atoms with Gasteiger partial charge in [0.15, 0.2) is 0 Å². The van der Waals surface area contributed by atoms with Crippen LogP contribution in [0.4, 0.5) is 0 Å². The number of rotatable bonds is 4. The van der Waals surface area contributed by atoms with Gasteiger partial charge in [0.25, 0.3) is 5.91 Å². The molecule has 2 N–H and O–H groups in total. The topological polar surface area (TPSA) is 93.5 Å². The summed E-state index contributed by atoms with van der Waals surface area (Å²) in [6.07, 6.45) is 1.91. The molecule has 0 aliphatic carbocycles. The van der Waals surface area contributed by atoms with Gasteiger partial charge in [-0.15, -0.1) is 0 Å². The van der Waals surface area contributed by atoms with Gasteiger partial charge in [-0.2, -0.15) is 5.10 Å². The van der Waals surface area contributed by atoms with Crippen LogP contribution in [0.3, 0.4) is 0 Å². The second kappa shape index (κ2) is 6.85. The third-order valence-corrected chi connectivity index (χ3v) is 4.69. The monoisotopic (exact) mass is 363 g/mol. The van der Waals surface area contributed by atoms with Crippen LogP contribution in [0.2, 0.25) is 5.02 Å². The van der Waals surface area contributed by atoms with E-state index in [0.717, 1.165) is 5.69 Å². The SMILES string of the molecule is Cc1c(C(=O)NC2(C(=O)O)CCOCC2)cnn1-c1ccc(Cl)cc1. The highest BCUT2D eigenvalue weighted by atomic mass is 35.5. The Kier molecular flexibility index (Phi) is 4.78. The molecule has 1 aromatic heterocycles. The number of carbonyl (C=O) groups is 2. The average Bonchev–Trinajstić information content (AvgIpc) is 2.98. The minimum atomic E-state index is -1.30. The van der Waals surface area contributed by atoms with E-state index in [-0.39, 0.29) is 12.8 Å². The molecule has 0 unspecified atom stereocenters. The number of nitrogens with one attached hydrogen (secondary N) is 1.